The molecule has 0 aliphatic rings. The topological polar surface area (TPSA) is 156 Å². The van der Waals surface area contributed by atoms with E-state index in [1.54, 1.807) is 18.0 Å². The van der Waals surface area contributed by atoms with E-state index in [0.29, 0.717) is 24.3 Å². The number of aromatic amines is 1. The van der Waals surface area contributed by atoms with E-state index in [1.165, 1.54) is 6.33 Å². The minimum Gasteiger partial charge on any atom is -0.368 e. The maximum Gasteiger partial charge on any atom is 0.243 e. The van der Waals surface area contributed by atoms with Gasteiger partial charge in [-0.3, -0.25) is 14.4 Å². The normalized spacial score (nSPS) is 14.4. The van der Waals surface area contributed by atoms with Crippen molar-refractivity contribution >= 4 is 29.5 Å². The van der Waals surface area contributed by atoms with E-state index in [9.17, 15) is 14.4 Å². The Morgan fingerprint density at radius 3 is 2.41 bits per heavy atom. The van der Waals surface area contributed by atoms with Gasteiger partial charge in [0.1, 0.15) is 12.1 Å². The lowest BCUT2D eigenvalue weighted by atomic mass is 10.0. The minimum absolute atomic E-state index is 0.154. The zero-order chi connectivity index (χ0) is 20.4. The third kappa shape index (κ3) is 8.44. The summed E-state index contributed by atoms with van der Waals surface area (Å²) in [4.78, 5) is 43.5. The fraction of sp³-hybridized carbons (Fsp3) is 0.647. The summed E-state index contributed by atoms with van der Waals surface area (Å²) in [5.74, 6) is -0.638. The summed E-state index contributed by atoms with van der Waals surface area (Å²) < 4.78 is 0. The second kappa shape index (κ2) is 11.6. The van der Waals surface area contributed by atoms with E-state index in [2.05, 4.69) is 20.6 Å². The van der Waals surface area contributed by atoms with Gasteiger partial charge in [-0.15, -0.1) is 0 Å². The molecule has 1 aromatic rings. The van der Waals surface area contributed by atoms with Crippen molar-refractivity contribution in [3.8, 4) is 0 Å². The van der Waals surface area contributed by atoms with E-state index in [0.717, 1.165) is 0 Å². The fourth-order valence-corrected chi connectivity index (χ4v) is 2.97. The highest BCUT2D eigenvalue weighted by molar-refractivity contribution is 7.98. The van der Waals surface area contributed by atoms with Gasteiger partial charge in [0.25, 0.3) is 0 Å². The van der Waals surface area contributed by atoms with Crippen molar-refractivity contribution in [3.63, 3.8) is 0 Å². The van der Waals surface area contributed by atoms with Crippen LogP contribution < -0.4 is 22.1 Å². The van der Waals surface area contributed by atoms with Gasteiger partial charge in [-0.2, -0.15) is 11.8 Å². The van der Waals surface area contributed by atoms with Gasteiger partial charge in [0.15, 0.2) is 0 Å². The zero-order valence-corrected chi connectivity index (χ0v) is 16.8. The second-order valence-corrected chi connectivity index (χ2v) is 7.79. The number of amides is 3. The lowest BCUT2D eigenvalue weighted by Crippen LogP contribution is -2.56. The van der Waals surface area contributed by atoms with E-state index < -0.39 is 35.8 Å². The van der Waals surface area contributed by atoms with Crippen molar-refractivity contribution in [2.24, 2.45) is 17.4 Å². The van der Waals surface area contributed by atoms with Crippen LogP contribution in [0.5, 0.6) is 0 Å². The number of carbonyl (C=O) groups excluding carboxylic acids is 3. The number of imidazole rings is 1. The summed E-state index contributed by atoms with van der Waals surface area (Å²) in [6.45, 7) is 3.88. The van der Waals surface area contributed by atoms with Crippen LogP contribution in [0.3, 0.4) is 0 Å². The third-order valence-electron chi connectivity index (χ3n) is 3.93. The first-order valence-corrected chi connectivity index (χ1v) is 10.3. The molecule has 0 aliphatic heterocycles. The zero-order valence-electron chi connectivity index (χ0n) is 16.0. The van der Waals surface area contributed by atoms with E-state index in [4.69, 9.17) is 11.5 Å². The Balaban J connectivity index is 2.73. The average molecular weight is 399 g/mol. The number of thioether (sulfide) groups is 1. The molecule has 0 bridgehead atoms. The molecule has 0 saturated carbocycles. The minimum atomic E-state index is -0.834. The van der Waals surface area contributed by atoms with Crippen LogP contribution in [0.2, 0.25) is 0 Å². The molecule has 27 heavy (non-hydrogen) atoms. The third-order valence-corrected chi connectivity index (χ3v) is 4.58. The Morgan fingerprint density at radius 1 is 1.22 bits per heavy atom. The number of aromatic nitrogens is 2. The molecule has 0 radical (unpaired) electrons. The molecule has 1 rings (SSSR count). The molecule has 10 heteroatoms. The van der Waals surface area contributed by atoms with Crippen molar-refractivity contribution in [2.75, 3.05) is 12.0 Å². The largest absolute Gasteiger partial charge is 0.368 e. The standard InChI is InChI=1S/C17H30N6O3S/c1-10(2)6-14(17(26)22-13(15(19)24)4-5-27-3)23-16(25)12(18)7-11-8-20-9-21-11/h8-10,12-14H,4-7,18H2,1-3H3,(H2,19,24)(H,20,21)(H,22,26)(H,23,25)/t12-,13-,14-/m0/s1. The van der Waals surface area contributed by atoms with Crippen LogP contribution in [-0.4, -0.2) is 57.8 Å². The molecular weight excluding hydrogens is 368 g/mol. The SMILES string of the molecule is CSCC[C@H](NC(=O)[C@H](CC(C)C)NC(=O)[C@@H](N)Cc1c[nH]cn1)C(N)=O. The Morgan fingerprint density at radius 2 is 1.89 bits per heavy atom. The van der Waals surface area contributed by atoms with Gasteiger partial charge in [-0.1, -0.05) is 13.8 Å². The maximum atomic E-state index is 12.6. The van der Waals surface area contributed by atoms with Gasteiger partial charge in [0.05, 0.1) is 18.1 Å². The fourth-order valence-electron chi connectivity index (χ4n) is 2.50. The summed E-state index contributed by atoms with van der Waals surface area (Å²) in [6, 6.07) is -2.40. The van der Waals surface area contributed by atoms with Crippen LogP contribution in [0.15, 0.2) is 12.5 Å². The number of primary amides is 1. The smallest absolute Gasteiger partial charge is 0.243 e. The molecule has 0 spiro atoms. The van der Waals surface area contributed by atoms with Crippen LogP contribution in [0.25, 0.3) is 0 Å². The molecule has 0 aliphatic carbocycles. The Labute approximate surface area is 163 Å². The summed E-state index contributed by atoms with van der Waals surface area (Å²) in [5.41, 5.74) is 12.0. The van der Waals surface area contributed by atoms with Crippen molar-refractivity contribution < 1.29 is 14.4 Å². The highest BCUT2D eigenvalue weighted by atomic mass is 32.2. The van der Waals surface area contributed by atoms with E-state index in [1.807, 2.05) is 20.1 Å². The number of hydrogen-bond acceptors (Lipinski definition) is 6. The van der Waals surface area contributed by atoms with Crippen LogP contribution >= 0.6 is 11.8 Å². The number of H-pyrrole nitrogens is 1. The molecule has 7 N–H and O–H groups in total. The van der Waals surface area contributed by atoms with Gasteiger partial charge in [0.2, 0.25) is 17.7 Å². The van der Waals surface area contributed by atoms with Crippen LogP contribution in [-0.2, 0) is 20.8 Å². The van der Waals surface area contributed by atoms with Crippen LogP contribution in [0, 0.1) is 5.92 Å². The quantitative estimate of drug-likeness (QED) is 0.320. The molecular formula is C17H30N6O3S. The van der Waals surface area contributed by atoms with Crippen molar-refractivity contribution in [3.05, 3.63) is 18.2 Å². The van der Waals surface area contributed by atoms with Gasteiger partial charge < -0.3 is 27.1 Å². The summed E-state index contributed by atoms with van der Waals surface area (Å²) in [5, 5.41) is 5.34. The van der Waals surface area contributed by atoms with Gasteiger partial charge in [-0.05, 0) is 30.8 Å². The number of rotatable bonds is 12. The number of carbonyl (C=O) groups is 3. The number of hydrogen-bond donors (Lipinski definition) is 5. The number of nitrogens with one attached hydrogen (secondary N) is 3. The average Bonchev–Trinajstić information content (AvgIpc) is 3.09. The number of nitrogens with zero attached hydrogens (tertiary/aromatic N) is 1. The van der Waals surface area contributed by atoms with Gasteiger partial charge in [0, 0.05) is 12.6 Å². The van der Waals surface area contributed by atoms with Crippen molar-refractivity contribution in [1.29, 1.82) is 0 Å². The molecule has 0 fully saturated rings. The molecule has 1 aromatic heterocycles. The predicted molar refractivity (Wildman–Crippen MR) is 106 cm³/mol. The first-order valence-electron chi connectivity index (χ1n) is 8.86. The lowest BCUT2D eigenvalue weighted by molar-refractivity contribution is -0.132. The summed E-state index contributed by atoms with van der Waals surface area (Å²) in [6.07, 6.45) is 6.18. The molecule has 0 saturated heterocycles. The highest BCUT2D eigenvalue weighted by Crippen LogP contribution is 2.08. The number of nitrogens with two attached hydrogens (primary N) is 2. The van der Waals surface area contributed by atoms with Gasteiger partial charge >= 0.3 is 0 Å². The van der Waals surface area contributed by atoms with E-state index in [-0.39, 0.29) is 12.3 Å². The maximum absolute atomic E-state index is 12.6. The second-order valence-electron chi connectivity index (χ2n) is 6.81. The first kappa shape index (κ1) is 23.0. The molecule has 9 nitrogen and oxygen atoms in total. The first-order chi connectivity index (χ1) is 12.7. The van der Waals surface area contributed by atoms with Crippen LogP contribution in [0.4, 0.5) is 0 Å². The molecule has 152 valence electrons. The lowest BCUT2D eigenvalue weighted by Gasteiger charge is -2.24. The summed E-state index contributed by atoms with van der Waals surface area (Å²) in [7, 11) is 0. The molecule has 1 heterocycles. The predicted octanol–water partition coefficient (Wildman–Crippen LogP) is -0.466. The Kier molecular flexibility index (Phi) is 9.87. The van der Waals surface area contributed by atoms with Crippen molar-refractivity contribution in [2.45, 2.75) is 51.2 Å². The van der Waals surface area contributed by atoms with Crippen LogP contribution in [0.1, 0.15) is 32.4 Å². The van der Waals surface area contributed by atoms with E-state index >= 15 is 0 Å². The van der Waals surface area contributed by atoms with Crippen molar-refractivity contribution in [1.82, 2.24) is 20.6 Å². The van der Waals surface area contributed by atoms with Gasteiger partial charge in [-0.25, -0.2) is 4.98 Å². The molecule has 0 aromatic carbocycles. The molecule has 3 atom stereocenters. The molecule has 0 unspecified atom stereocenters. The summed E-state index contributed by atoms with van der Waals surface area (Å²) >= 11 is 1.56. The Hall–Kier alpha value is -2.07. The highest BCUT2D eigenvalue weighted by Gasteiger charge is 2.27. The monoisotopic (exact) mass is 398 g/mol. The molecule has 3 amide bonds. The Bertz CT molecular complexity index is 608.